The van der Waals surface area contributed by atoms with Crippen LogP contribution < -0.4 is 5.73 Å². The molecule has 3 aromatic rings. The van der Waals surface area contributed by atoms with E-state index in [0.29, 0.717) is 11.7 Å². The number of nitrogens with two attached hydrogens (primary N) is 1. The van der Waals surface area contributed by atoms with Crippen LogP contribution in [0, 0.1) is 0 Å². The molecule has 0 saturated carbocycles. The van der Waals surface area contributed by atoms with E-state index < -0.39 is 0 Å². The van der Waals surface area contributed by atoms with E-state index in [-0.39, 0.29) is 0 Å². The molecule has 1 atom stereocenters. The summed E-state index contributed by atoms with van der Waals surface area (Å²) in [6.07, 6.45) is 5.52. The monoisotopic (exact) mass is 278 g/mol. The van der Waals surface area contributed by atoms with Gasteiger partial charge < -0.3 is 10.3 Å². The molecule has 2 N–H and O–H groups in total. The van der Waals surface area contributed by atoms with Gasteiger partial charge in [-0.15, -0.1) is 0 Å². The van der Waals surface area contributed by atoms with Crippen molar-refractivity contribution in [1.29, 1.82) is 0 Å². The molecule has 21 heavy (non-hydrogen) atoms. The summed E-state index contributed by atoms with van der Waals surface area (Å²) < 4.78 is 2.16. The van der Waals surface area contributed by atoms with Gasteiger partial charge in [0.05, 0.1) is 18.2 Å². The Balaban J connectivity index is 1.84. The predicted molar refractivity (Wildman–Crippen MR) is 84.7 cm³/mol. The molecule has 0 fully saturated rings. The van der Waals surface area contributed by atoms with Crippen LogP contribution in [0.5, 0.6) is 0 Å². The van der Waals surface area contributed by atoms with E-state index in [2.05, 4.69) is 45.7 Å². The van der Waals surface area contributed by atoms with Crippen molar-refractivity contribution in [3.05, 3.63) is 66.7 Å². The van der Waals surface area contributed by atoms with Gasteiger partial charge in [0.2, 0.25) is 0 Å². The molecule has 0 aliphatic heterocycles. The van der Waals surface area contributed by atoms with Gasteiger partial charge in [0.15, 0.2) is 0 Å². The van der Waals surface area contributed by atoms with Crippen molar-refractivity contribution in [2.24, 2.45) is 0 Å². The van der Waals surface area contributed by atoms with Crippen LogP contribution in [-0.2, 0) is 6.54 Å². The van der Waals surface area contributed by atoms with Crippen molar-refractivity contribution in [2.75, 3.05) is 5.73 Å². The largest absolute Gasteiger partial charge is 0.384 e. The van der Waals surface area contributed by atoms with Crippen molar-refractivity contribution in [3.63, 3.8) is 0 Å². The van der Waals surface area contributed by atoms with Gasteiger partial charge in [-0.3, -0.25) is 0 Å². The number of benzene rings is 1. The predicted octanol–water partition coefficient (Wildman–Crippen LogP) is 3.33. The lowest BCUT2D eigenvalue weighted by molar-refractivity contribution is 0.601. The second-order valence-corrected chi connectivity index (χ2v) is 5.21. The van der Waals surface area contributed by atoms with Gasteiger partial charge in [0, 0.05) is 18.3 Å². The molecule has 2 aromatic heterocycles. The Morgan fingerprint density at radius 3 is 2.62 bits per heavy atom. The molecule has 3 rings (SSSR count). The maximum Gasteiger partial charge on any atom is 0.123 e. The number of rotatable bonds is 4. The SMILES string of the molecule is CC(Cn1cncc1-c1ccc(N)nc1)c1ccccc1. The zero-order valence-corrected chi connectivity index (χ0v) is 12.0. The van der Waals surface area contributed by atoms with Gasteiger partial charge in [-0.05, 0) is 23.6 Å². The Morgan fingerprint density at radius 1 is 1.10 bits per heavy atom. The highest BCUT2D eigenvalue weighted by molar-refractivity contribution is 5.59. The summed E-state index contributed by atoms with van der Waals surface area (Å²) in [4.78, 5) is 8.42. The van der Waals surface area contributed by atoms with Gasteiger partial charge in [0.1, 0.15) is 5.82 Å². The Morgan fingerprint density at radius 2 is 1.90 bits per heavy atom. The average molecular weight is 278 g/mol. The summed E-state index contributed by atoms with van der Waals surface area (Å²) in [7, 11) is 0. The average Bonchev–Trinajstić information content (AvgIpc) is 2.97. The Kier molecular flexibility index (Phi) is 3.69. The molecule has 1 unspecified atom stereocenters. The Hall–Kier alpha value is -2.62. The van der Waals surface area contributed by atoms with Gasteiger partial charge in [-0.1, -0.05) is 37.3 Å². The molecule has 2 heterocycles. The molecule has 0 aliphatic rings. The van der Waals surface area contributed by atoms with Crippen molar-refractivity contribution in [3.8, 4) is 11.3 Å². The zero-order chi connectivity index (χ0) is 14.7. The lowest BCUT2D eigenvalue weighted by atomic mass is 10.0. The van der Waals surface area contributed by atoms with E-state index in [1.54, 1.807) is 6.20 Å². The minimum Gasteiger partial charge on any atom is -0.384 e. The summed E-state index contributed by atoms with van der Waals surface area (Å²) >= 11 is 0. The van der Waals surface area contributed by atoms with E-state index in [9.17, 15) is 0 Å². The van der Waals surface area contributed by atoms with E-state index in [0.717, 1.165) is 17.8 Å². The smallest absolute Gasteiger partial charge is 0.123 e. The Labute approximate surface area is 124 Å². The molecule has 0 amide bonds. The third kappa shape index (κ3) is 2.94. The topological polar surface area (TPSA) is 56.7 Å². The highest BCUT2D eigenvalue weighted by atomic mass is 15.0. The first-order chi connectivity index (χ1) is 10.2. The van der Waals surface area contributed by atoms with Crippen LogP contribution in [0.4, 0.5) is 5.82 Å². The molecular weight excluding hydrogens is 260 g/mol. The normalized spacial score (nSPS) is 12.2. The molecule has 0 radical (unpaired) electrons. The minimum absolute atomic E-state index is 0.417. The molecule has 1 aromatic carbocycles. The van der Waals surface area contributed by atoms with Gasteiger partial charge in [0.25, 0.3) is 0 Å². The van der Waals surface area contributed by atoms with Gasteiger partial charge >= 0.3 is 0 Å². The number of aromatic nitrogens is 3. The minimum atomic E-state index is 0.417. The molecule has 4 heteroatoms. The lowest BCUT2D eigenvalue weighted by Gasteiger charge is -2.15. The molecule has 4 nitrogen and oxygen atoms in total. The fraction of sp³-hybridized carbons (Fsp3) is 0.176. The van der Waals surface area contributed by atoms with Crippen molar-refractivity contribution < 1.29 is 0 Å². The molecular formula is C17H18N4. The lowest BCUT2D eigenvalue weighted by Crippen LogP contribution is -2.06. The molecule has 0 aliphatic carbocycles. The first-order valence-electron chi connectivity index (χ1n) is 7.01. The summed E-state index contributed by atoms with van der Waals surface area (Å²) in [5, 5.41) is 0. The number of nitrogens with zero attached hydrogens (tertiary/aromatic N) is 3. The summed E-state index contributed by atoms with van der Waals surface area (Å²) in [5.41, 5.74) is 9.06. The molecule has 0 bridgehead atoms. The van der Waals surface area contributed by atoms with Crippen molar-refractivity contribution in [2.45, 2.75) is 19.4 Å². The second-order valence-electron chi connectivity index (χ2n) is 5.21. The van der Waals surface area contributed by atoms with Crippen LogP contribution in [0.3, 0.4) is 0 Å². The highest BCUT2D eigenvalue weighted by Gasteiger charge is 2.10. The number of hydrogen-bond donors (Lipinski definition) is 1. The van der Waals surface area contributed by atoms with E-state index in [1.807, 2.05) is 30.7 Å². The maximum absolute atomic E-state index is 5.64. The highest BCUT2D eigenvalue weighted by Crippen LogP contribution is 2.23. The molecule has 0 spiro atoms. The van der Waals surface area contributed by atoms with Crippen LogP contribution in [0.15, 0.2) is 61.2 Å². The van der Waals surface area contributed by atoms with Gasteiger partial charge in [-0.2, -0.15) is 0 Å². The van der Waals surface area contributed by atoms with Crippen LogP contribution in [0.25, 0.3) is 11.3 Å². The fourth-order valence-corrected chi connectivity index (χ4v) is 2.45. The van der Waals surface area contributed by atoms with Crippen LogP contribution in [0.2, 0.25) is 0 Å². The number of anilines is 1. The van der Waals surface area contributed by atoms with Crippen LogP contribution >= 0.6 is 0 Å². The van der Waals surface area contributed by atoms with E-state index in [1.165, 1.54) is 5.56 Å². The van der Waals surface area contributed by atoms with Gasteiger partial charge in [-0.25, -0.2) is 9.97 Å². The summed E-state index contributed by atoms with van der Waals surface area (Å²) in [6, 6.07) is 14.3. The maximum atomic E-state index is 5.64. The third-order valence-electron chi connectivity index (χ3n) is 3.63. The summed E-state index contributed by atoms with van der Waals surface area (Å²) in [6.45, 7) is 3.10. The standard InChI is InChI=1S/C17H18N4/c1-13(14-5-3-2-4-6-14)11-21-12-19-10-16(21)15-7-8-17(18)20-9-15/h2-10,12-13H,11H2,1H3,(H2,18,20). The first-order valence-corrected chi connectivity index (χ1v) is 7.01. The third-order valence-corrected chi connectivity index (χ3v) is 3.63. The molecule has 106 valence electrons. The Bertz CT molecular complexity index is 701. The second kappa shape index (κ2) is 5.79. The number of pyridine rings is 1. The van der Waals surface area contributed by atoms with E-state index in [4.69, 9.17) is 5.73 Å². The van der Waals surface area contributed by atoms with E-state index >= 15 is 0 Å². The van der Waals surface area contributed by atoms with Crippen molar-refractivity contribution in [1.82, 2.24) is 14.5 Å². The van der Waals surface area contributed by atoms with Crippen LogP contribution in [-0.4, -0.2) is 14.5 Å². The summed E-state index contributed by atoms with van der Waals surface area (Å²) in [5.74, 6) is 0.948. The quantitative estimate of drug-likeness (QED) is 0.796. The fourth-order valence-electron chi connectivity index (χ4n) is 2.45. The number of hydrogen-bond acceptors (Lipinski definition) is 3. The number of imidazole rings is 1. The number of nitrogen functional groups attached to an aromatic ring is 1. The zero-order valence-electron chi connectivity index (χ0n) is 12.0. The van der Waals surface area contributed by atoms with Crippen molar-refractivity contribution >= 4 is 5.82 Å². The van der Waals surface area contributed by atoms with Crippen LogP contribution in [0.1, 0.15) is 18.4 Å². The first kappa shape index (κ1) is 13.4. The molecule has 0 saturated heterocycles.